The minimum Gasteiger partial charge on any atom is -0.493 e. The quantitative estimate of drug-likeness (QED) is 0.589. The number of benzene rings is 1. The van der Waals surface area contributed by atoms with Gasteiger partial charge in [-0.2, -0.15) is 0 Å². The molecule has 3 rings (SSSR count). The molecule has 30 heavy (non-hydrogen) atoms. The predicted molar refractivity (Wildman–Crippen MR) is 115 cm³/mol. The molecule has 1 N–H and O–H groups in total. The second-order valence-electron chi connectivity index (χ2n) is 7.81. The van der Waals surface area contributed by atoms with Crippen LogP contribution in [-0.4, -0.2) is 79.7 Å². The minimum absolute atomic E-state index is 0.462. The number of likely N-dealkylation sites (N-methyl/N-ethyl adjacent to an activating group) is 1. The van der Waals surface area contributed by atoms with Gasteiger partial charge in [-0.3, -0.25) is 9.88 Å². The highest BCUT2D eigenvalue weighted by atomic mass is 16.5. The summed E-state index contributed by atoms with van der Waals surface area (Å²) in [5, 5.41) is 11.2. The third-order valence-electron chi connectivity index (χ3n) is 5.22. The molecule has 164 valence electrons. The van der Waals surface area contributed by atoms with Crippen LogP contribution in [0.15, 0.2) is 36.8 Å². The molecule has 2 heterocycles. The van der Waals surface area contributed by atoms with Crippen molar-refractivity contribution < 1.29 is 19.3 Å². The normalized spacial score (nSPS) is 19.2. The van der Waals surface area contributed by atoms with E-state index in [0.29, 0.717) is 44.3 Å². The molecule has 1 aliphatic heterocycles. The summed E-state index contributed by atoms with van der Waals surface area (Å²) in [7, 11) is 5.30. The Labute approximate surface area is 178 Å². The molecule has 1 aromatic heterocycles. The van der Waals surface area contributed by atoms with Crippen LogP contribution in [0.25, 0.3) is 0 Å². The molecule has 1 aliphatic rings. The molecular formula is C22H32N4O4. The van der Waals surface area contributed by atoms with Crippen LogP contribution in [0.5, 0.6) is 11.5 Å². The molecule has 0 aliphatic carbocycles. The Balaban J connectivity index is 1.61. The molecule has 1 fully saturated rings. The van der Waals surface area contributed by atoms with E-state index in [1.165, 1.54) is 0 Å². The molecule has 1 saturated heterocycles. The Morgan fingerprint density at radius 2 is 2.07 bits per heavy atom. The van der Waals surface area contributed by atoms with Crippen molar-refractivity contribution in [1.82, 2.24) is 14.9 Å². The van der Waals surface area contributed by atoms with Crippen molar-refractivity contribution in [2.75, 3.05) is 59.0 Å². The predicted octanol–water partition coefficient (Wildman–Crippen LogP) is 1.97. The van der Waals surface area contributed by atoms with Crippen LogP contribution in [0.4, 0.5) is 5.82 Å². The first-order chi connectivity index (χ1) is 14.5. The number of aromatic nitrogens is 2. The summed E-state index contributed by atoms with van der Waals surface area (Å²) in [5.41, 5.74) is 0.297. The molecule has 8 heteroatoms. The number of methoxy groups -OCH3 is 2. The van der Waals surface area contributed by atoms with Gasteiger partial charge in [0.2, 0.25) is 0 Å². The fraction of sp³-hybridized carbons (Fsp3) is 0.545. The highest BCUT2D eigenvalue weighted by Gasteiger charge is 2.35. The topological polar surface area (TPSA) is 80.2 Å². The Morgan fingerprint density at radius 1 is 1.20 bits per heavy atom. The van der Waals surface area contributed by atoms with Crippen LogP contribution in [0.3, 0.4) is 0 Å². The standard InChI is InChI=1S/C22H32N4O4/c1-25(15-18-5-6-19(29-3)20(13-18)30-12-11-28-2)16-22(27)7-4-10-26(17-22)21-14-23-8-9-24-21/h5-6,8-9,13-14,27H,4,7,10-12,15-17H2,1-3H3/t22-/m0/s1. The summed E-state index contributed by atoms with van der Waals surface area (Å²) >= 11 is 0. The molecule has 1 aromatic carbocycles. The van der Waals surface area contributed by atoms with Gasteiger partial charge in [0.1, 0.15) is 12.4 Å². The average Bonchev–Trinajstić information content (AvgIpc) is 2.74. The van der Waals surface area contributed by atoms with Gasteiger partial charge in [-0.05, 0) is 37.6 Å². The highest BCUT2D eigenvalue weighted by molar-refractivity contribution is 5.43. The zero-order chi connectivity index (χ0) is 21.4. The van der Waals surface area contributed by atoms with E-state index in [1.807, 2.05) is 25.2 Å². The van der Waals surface area contributed by atoms with Crippen LogP contribution >= 0.6 is 0 Å². The third kappa shape index (κ3) is 6.04. The first-order valence-electron chi connectivity index (χ1n) is 10.2. The largest absolute Gasteiger partial charge is 0.493 e. The second-order valence-corrected chi connectivity index (χ2v) is 7.81. The molecule has 0 bridgehead atoms. The Kier molecular flexibility index (Phi) is 7.84. The molecule has 0 unspecified atom stereocenters. The Morgan fingerprint density at radius 3 is 2.80 bits per heavy atom. The summed E-state index contributed by atoms with van der Waals surface area (Å²) in [5.74, 6) is 2.21. The van der Waals surface area contributed by atoms with Crippen LogP contribution in [0.2, 0.25) is 0 Å². The van der Waals surface area contributed by atoms with E-state index in [9.17, 15) is 5.11 Å². The smallest absolute Gasteiger partial charge is 0.161 e. The average molecular weight is 417 g/mol. The van der Waals surface area contributed by atoms with E-state index in [0.717, 1.165) is 30.8 Å². The van der Waals surface area contributed by atoms with Crippen LogP contribution in [0.1, 0.15) is 18.4 Å². The molecular weight excluding hydrogens is 384 g/mol. The van der Waals surface area contributed by atoms with Crippen molar-refractivity contribution in [3.05, 3.63) is 42.4 Å². The lowest BCUT2D eigenvalue weighted by atomic mass is 9.92. The lowest BCUT2D eigenvalue weighted by molar-refractivity contribution is -0.00350. The fourth-order valence-corrected chi connectivity index (χ4v) is 3.93. The monoisotopic (exact) mass is 416 g/mol. The van der Waals surface area contributed by atoms with Gasteiger partial charge in [0.15, 0.2) is 11.5 Å². The second kappa shape index (κ2) is 10.6. The van der Waals surface area contributed by atoms with Crippen molar-refractivity contribution in [3.8, 4) is 11.5 Å². The van der Waals surface area contributed by atoms with E-state index < -0.39 is 5.60 Å². The highest BCUT2D eigenvalue weighted by Crippen LogP contribution is 2.29. The Bertz CT molecular complexity index is 792. The number of aliphatic hydroxyl groups is 1. The van der Waals surface area contributed by atoms with Gasteiger partial charge in [0, 0.05) is 45.7 Å². The molecule has 0 amide bonds. The van der Waals surface area contributed by atoms with E-state index in [1.54, 1.807) is 32.8 Å². The SMILES string of the molecule is COCCOc1cc(CN(C)C[C@@]2(O)CCCN(c3cnccn3)C2)ccc1OC. The summed E-state index contributed by atoms with van der Waals surface area (Å²) in [6.45, 7) is 3.66. The number of anilines is 1. The van der Waals surface area contributed by atoms with Crippen LogP contribution in [-0.2, 0) is 11.3 Å². The molecule has 0 radical (unpaired) electrons. The van der Waals surface area contributed by atoms with Gasteiger partial charge in [0.25, 0.3) is 0 Å². The van der Waals surface area contributed by atoms with Gasteiger partial charge in [-0.15, -0.1) is 0 Å². The van der Waals surface area contributed by atoms with Gasteiger partial charge in [0.05, 0.1) is 25.5 Å². The number of rotatable bonds is 10. The van der Waals surface area contributed by atoms with E-state index in [4.69, 9.17) is 14.2 Å². The van der Waals surface area contributed by atoms with E-state index in [-0.39, 0.29) is 0 Å². The summed E-state index contributed by atoms with van der Waals surface area (Å²) in [6.07, 6.45) is 6.78. The van der Waals surface area contributed by atoms with Gasteiger partial charge in [-0.25, -0.2) is 4.98 Å². The number of hydrogen-bond donors (Lipinski definition) is 1. The van der Waals surface area contributed by atoms with Crippen molar-refractivity contribution in [2.24, 2.45) is 0 Å². The van der Waals surface area contributed by atoms with Gasteiger partial charge in [-0.1, -0.05) is 6.07 Å². The van der Waals surface area contributed by atoms with Crippen LogP contribution < -0.4 is 14.4 Å². The van der Waals surface area contributed by atoms with Crippen molar-refractivity contribution in [3.63, 3.8) is 0 Å². The lowest BCUT2D eigenvalue weighted by Gasteiger charge is -2.41. The summed E-state index contributed by atoms with van der Waals surface area (Å²) < 4.78 is 16.2. The number of piperidine rings is 1. The van der Waals surface area contributed by atoms with E-state index in [2.05, 4.69) is 19.8 Å². The zero-order valence-corrected chi connectivity index (χ0v) is 18.1. The lowest BCUT2D eigenvalue weighted by Crippen LogP contribution is -2.54. The van der Waals surface area contributed by atoms with Crippen molar-refractivity contribution >= 4 is 5.82 Å². The minimum atomic E-state index is -0.797. The molecule has 8 nitrogen and oxygen atoms in total. The fourth-order valence-electron chi connectivity index (χ4n) is 3.93. The number of ether oxygens (including phenoxy) is 3. The molecule has 1 atom stereocenters. The summed E-state index contributed by atoms with van der Waals surface area (Å²) in [6, 6.07) is 5.92. The number of nitrogens with zero attached hydrogens (tertiary/aromatic N) is 4. The Hall–Kier alpha value is -2.42. The first-order valence-corrected chi connectivity index (χ1v) is 10.2. The molecule has 0 spiro atoms. The third-order valence-corrected chi connectivity index (χ3v) is 5.22. The van der Waals surface area contributed by atoms with E-state index >= 15 is 0 Å². The van der Waals surface area contributed by atoms with Crippen molar-refractivity contribution in [2.45, 2.75) is 25.0 Å². The van der Waals surface area contributed by atoms with Crippen molar-refractivity contribution in [1.29, 1.82) is 0 Å². The maximum atomic E-state index is 11.2. The maximum absolute atomic E-state index is 11.2. The number of hydrogen-bond acceptors (Lipinski definition) is 8. The molecule has 2 aromatic rings. The maximum Gasteiger partial charge on any atom is 0.161 e. The number of β-amino-alcohol motifs (C(OH)–C–C–N with tert-alkyl or cyclic N) is 1. The molecule has 0 saturated carbocycles. The van der Waals surface area contributed by atoms with Gasteiger partial charge >= 0.3 is 0 Å². The van der Waals surface area contributed by atoms with Gasteiger partial charge < -0.3 is 24.2 Å². The van der Waals surface area contributed by atoms with Crippen LogP contribution in [0, 0.1) is 0 Å². The zero-order valence-electron chi connectivity index (χ0n) is 18.1. The summed E-state index contributed by atoms with van der Waals surface area (Å²) in [4.78, 5) is 12.8. The first kappa shape index (κ1) is 22.3.